The average Bonchev–Trinajstić information content (AvgIpc) is 2.25. The van der Waals surface area contributed by atoms with Crippen LogP contribution < -0.4 is 5.32 Å². The summed E-state index contributed by atoms with van der Waals surface area (Å²) in [5.74, 6) is 0.450. The Hall–Kier alpha value is -1.25. The van der Waals surface area contributed by atoms with Gasteiger partial charge in [0.15, 0.2) is 0 Å². The minimum absolute atomic E-state index is 0.330. The van der Waals surface area contributed by atoms with Crippen LogP contribution in [0.3, 0.4) is 0 Å². The fraction of sp³-hybridized carbons (Fsp3) is 0.583. The molecule has 0 saturated carbocycles. The summed E-state index contributed by atoms with van der Waals surface area (Å²) in [6, 6.07) is 0. The van der Waals surface area contributed by atoms with Crippen molar-refractivity contribution in [3.8, 4) is 0 Å². The lowest BCUT2D eigenvalue weighted by molar-refractivity contribution is 0.155. The molecule has 3 nitrogen and oxygen atoms in total. The van der Waals surface area contributed by atoms with Gasteiger partial charge < -0.3 is 10.1 Å². The van der Waals surface area contributed by atoms with Crippen LogP contribution in [0.5, 0.6) is 0 Å². The largest absolute Gasteiger partial charge is 0.445 e. The van der Waals surface area contributed by atoms with E-state index in [2.05, 4.69) is 17.5 Å². The van der Waals surface area contributed by atoms with Crippen LogP contribution in [-0.4, -0.2) is 19.2 Å². The predicted molar refractivity (Wildman–Crippen MR) is 60.6 cm³/mol. The molecular formula is C12H19NO2. The zero-order valence-corrected chi connectivity index (χ0v) is 9.45. The average molecular weight is 209 g/mol. The lowest BCUT2D eigenvalue weighted by atomic mass is 10.1. The molecule has 0 bridgehead atoms. The molecule has 0 aromatic heterocycles. The Kier molecular flexibility index (Phi) is 4.95. The molecule has 15 heavy (non-hydrogen) atoms. The molecule has 0 heterocycles. The van der Waals surface area contributed by atoms with E-state index in [0.717, 1.165) is 18.4 Å². The van der Waals surface area contributed by atoms with Gasteiger partial charge in [-0.1, -0.05) is 32.1 Å². The Morgan fingerprint density at radius 2 is 2.33 bits per heavy atom. The summed E-state index contributed by atoms with van der Waals surface area (Å²) in [5.41, 5.74) is 1.08. The first-order valence-corrected chi connectivity index (χ1v) is 5.44. The summed E-state index contributed by atoms with van der Waals surface area (Å²) >= 11 is 0. The van der Waals surface area contributed by atoms with E-state index in [1.165, 1.54) is 0 Å². The number of allylic oxidation sites excluding steroid dienone is 2. The van der Waals surface area contributed by atoms with Crippen LogP contribution in [-0.2, 0) is 4.74 Å². The van der Waals surface area contributed by atoms with Crippen molar-refractivity contribution in [3.63, 3.8) is 0 Å². The summed E-state index contributed by atoms with van der Waals surface area (Å²) in [6.07, 6.45) is 8.02. The summed E-state index contributed by atoms with van der Waals surface area (Å²) in [4.78, 5) is 11.2. The van der Waals surface area contributed by atoms with Crippen molar-refractivity contribution in [3.05, 3.63) is 23.8 Å². The number of carbonyl (C=O) groups excluding carboxylic acids is 1. The van der Waals surface area contributed by atoms with E-state index in [4.69, 9.17) is 4.74 Å². The Morgan fingerprint density at radius 3 is 2.93 bits per heavy atom. The summed E-state index contributed by atoms with van der Waals surface area (Å²) in [5, 5.41) is 2.71. The predicted octanol–water partition coefficient (Wildman–Crippen LogP) is 2.65. The van der Waals surface area contributed by atoms with Gasteiger partial charge in [0.2, 0.25) is 0 Å². The molecule has 84 valence electrons. The molecule has 0 saturated heterocycles. The van der Waals surface area contributed by atoms with Crippen molar-refractivity contribution in [2.24, 2.45) is 5.92 Å². The minimum atomic E-state index is -0.330. The van der Waals surface area contributed by atoms with Crippen LogP contribution in [0.1, 0.15) is 26.7 Å². The van der Waals surface area contributed by atoms with Gasteiger partial charge in [-0.3, -0.25) is 0 Å². The summed E-state index contributed by atoms with van der Waals surface area (Å²) in [7, 11) is 0. The van der Waals surface area contributed by atoms with Crippen LogP contribution in [0, 0.1) is 5.92 Å². The highest BCUT2D eigenvalue weighted by Crippen LogP contribution is 2.09. The summed E-state index contributed by atoms with van der Waals surface area (Å²) in [6.45, 7) is 5.13. The first-order chi connectivity index (χ1) is 7.18. The van der Waals surface area contributed by atoms with Crippen molar-refractivity contribution >= 4 is 6.09 Å². The molecule has 1 rings (SSSR count). The van der Waals surface area contributed by atoms with Crippen LogP contribution in [0.4, 0.5) is 4.79 Å². The van der Waals surface area contributed by atoms with Crippen molar-refractivity contribution in [1.29, 1.82) is 0 Å². The fourth-order valence-electron chi connectivity index (χ4n) is 1.26. The quantitative estimate of drug-likeness (QED) is 0.773. The van der Waals surface area contributed by atoms with Crippen molar-refractivity contribution < 1.29 is 9.53 Å². The number of rotatable bonds is 4. The molecule has 1 aliphatic carbocycles. The van der Waals surface area contributed by atoms with Crippen molar-refractivity contribution in [2.75, 3.05) is 13.2 Å². The molecule has 0 aliphatic heterocycles. The zero-order chi connectivity index (χ0) is 11.1. The van der Waals surface area contributed by atoms with Gasteiger partial charge in [0.1, 0.15) is 6.61 Å². The first kappa shape index (κ1) is 11.8. The smallest absolute Gasteiger partial charge is 0.407 e. The lowest BCUT2D eigenvalue weighted by Crippen LogP contribution is -2.28. The van der Waals surface area contributed by atoms with Gasteiger partial charge in [0, 0.05) is 6.54 Å². The minimum Gasteiger partial charge on any atom is -0.445 e. The number of ether oxygens (including phenoxy) is 1. The molecule has 0 radical (unpaired) electrons. The molecule has 3 heteroatoms. The molecule has 0 fully saturated rings. The van der Waals surface area contributed by atoms with Crippen LogP contribution in [0.2, 0.25) is 0 Å². The van der Waals surface area contributed by atoms with Gasteiger partial charge in [0.25, 0.3) is 0 Å². The van der Waals surface area contributed by atoms with E-state index >= 15 is 0 Å². The van der Waals surface area contributed by atoms with E-state index in [9.17, 15) is 4.79 Å². The highest BCUT2D eigenvalue weighted by Gasteiger charge is 2.04. The third kappa shape index (κ3) is 5.25. The molecule has 1 aliphatic rings. The molecule has 1 amide bonds. The second kappa shape index (κ2) is 6.27. The Labute approximate surface area is 91.2 Å². The van der Waals surface area contributed by atoms with E-state index in [0.29, 0.717) is 19.1 Å². The van der Waals surface area contributed by atoms with Gasteiger partial charge in [0.05, 0.1) is 0 Å². The summed E-state index contributed by atoms with van der Waals surface area (Å²) < 4.78 is 5.06. The molecule has 0 spiro atoms. The van der Waals surface area contributed by atoms with Crippen molar-refractivity contribution in [1.82, 2.24) is 5.32 Å². The van der Waals surface area contributed by atoms with Crippen LogP contribution in [0.25, 0.3) is 0 Å². The van der Waals surface area contributed by atoms with Crippen molar-refractivity contribution in [2.45, 2.75) is 26.7 Å². The van der Waals surface area contributed by atoms with Gasteiger partial charge in [-0.2, -0.15) is 0 Å². The highest BCUT2D eigenvalue weighted by atomic mass is 16.5. The number of nitrogens with one attached hydrogen (secondary N) is 1. The van der Waals surface area contributed by atoms with Gasteiger partial charge in [-0.25, -0.2) is 4.79 Å². The fourth-order valence-corrected chi connectivity index (χ4v) is 1.26. The highest BCUT2D eigenvalue weighted by molar-refractivity contribution is 5.67. The lowest BCUT2D eigenvalue weighted by Gasteiger charge is -2.10. The Balaban J connectivity index is 2.16. The SMILES string of the molecule is CC(C)CNC(=O)OCC1=CCCC=C1. The Bertz CT molecular complexity index is 267. The maximum atomic E-state index is 11.2. The van der Waals surface area contributed by atoms with E-state index in [1.54, 1.807) is 0 Å². The number of hydrogen-bond donors (Lipinski definition) is 1. The van der Waals surface area contributed by atoms with Gasteiger partial charge in [-0.15, -0.1) is 0 Å². The third-order valence-corrected chi connectivity index (χ3v) is 2.10. The number of alkyl carbamates (subject to hydrolysis) is 1. The van der Waals surface area contributed by atoms with Crippen LogP contribution >= 0.6 is 0 Å². The standard InChI is InChI=1S/C12H19NO2/c1-10(2)8-13-12(14)15-9-11-6-4-3-5-7-11/h4,6-7,10H,3,5,8-9H2,1-2H3,(H,13,14). The van der Waals surface area contributed by atoms with Gasteiger partial charge in [-0.05, 0) is 24.3 Å². The molecule has 0 atom stereocenters. The van der Waals surface area contributed by atoms with Crippen LogP contribution in [0.15, 0.2) is 23.8 Å². The second-order valence-corrected chi connectivity index (χ2v) is 4.11. The topological polar surface area (TPSA) is 38.3 Å². The van der Waals surface area contributed by atoms with E-state index in [-0.39, 0.29) is 6.09 Å². The van der Waals surface area contributed by atoms with Gasteiger partial charge >= 0.3 is 6.09 Å². The molecular weight excluding hydrogens is 190 g/mol. The zero-order valence-electron chi connectivity index (χ0n) is 9.45. The monoisotopic (exact) mass is 209 g/mol. The second-order valence-electron chi connectivity index (χ2n) is 4.11. The van der Waals surface area contributed by atoms with E-state index < -0.39 is 0 Å². The Morgan fingerprint density at radius 1 is 1.53 bits per heavy atom. The normalized spacial score (nSPS) is 15.0. The molecule has 0 aromatic rings. The third-order valence-electron chi connectivity index (χ3n) is 2.10. The number of amides is 1. The maximum absolute atomic E-state index is 11.2. The first-order valence-electron chi connectivity index (χ1n) is 5.44. The maximum Gasteiger partial charge on any atom is 0.407 e. The molecule has 1 N–H and O–H groups in total. The van der Waals surface area contributed by atoms with E-state index in [1.807, 2.05) is 19.9 Å². The number of carbonyl (C=O) groups is 1. The number of hydrogen-bond acceptors (Lipinski definition) is 2. The molecule has 0 aromatic carbocycles. The molecule has 0 unspecified atom stereocenters.